The number of carbonyl (C=O) groups excluding carboxylic acids is 1. The first-order valence-electron chi connectivity index (χ1n) is 5.30. The Morgan fingerprint density at radius 2 is 2.15 bits per heavy atom. The summed E-state index contributed by atoms with van der Waals surface area (Å²) in [7, 11) is 0. The van der Waals surface area contributed by atoms with Gasteiger partial charge in [-0.2, -0.15) is 0 Å². The first-order chi connectivity index (χ1) is 9.47. The van der Waals surface area contributed by atoms with Gasteiger partial charge in [0.25, 0.3) is 11.6 Å². The number of amides is 1. The standard InChI is InChI=1S/C11H8BrN5O3/c12-7-2-1-6(17(19)20)3-8(7)16-11(18)9-4-14-5-10(13)15-9/h1-5H,(H2,13,15)(H,16,18). The van der Waals surface area contributed by atoms with Crippen molar-refractivity contribution in [3.05, 3.63) is 50.9 Å². The van der Waals surface area contributed by atoms with Gasteiger partial charge in [-0.15, -0.1) is 0 Å². The van der Waals surface area contributed by atoms with Crippen LogP contribution in [0.4, 0.5) is 17.2 Å². The molecular weight excluding hydrogens is 330 g/mol. The van der Waals surface area contributed by atoms with E-state index in [0.29, 0.717) is 4.47 Å². The molecule has 9 heteroatoms. The fourth-order valence-corrected chi connectivity index (χ4v) is 1.75. The number of anilines is 2. The quantitative estimate of drug-likeness (QED) is 0.651. The lowest BCUT2D eigenvalue weighted by Gasteiger charge is -2.06. The predicted molar refractivity (Wildman–Crippen MR) is 75.2 cm³/mol. The number of nitro benzene ring substituents is 1. The number of hydrogen-bond donors (Lipinski definition) is 2. The van der Waals surface area contributed by atoms with Crippen molar-refractivity contribution in [3.8, 4) is 0 Å². The van der Waals surface area contributed by atoms with Crippen LogP contribution >= 0.6 is 15.9 Å². The summed E-state index contributed by atoms with van der Waals surface area (Å²) in [4.78, 5) is 29.6. The number of rotatable bonds is 3. The average molecular weight is 338 g/mol. The number of nitro groups is 1. The van der Waals surface area contributed by atoms with E-state index in [1.165, 1.54) is 30.6 Å². The largest absolute Gasteiger partial charge is 0.382 e. The molecule has 2 aromatic rings. The summed E-state index contributed by atoms with van der Waals surface area (Å²) in [5.74, 6) is -0.457. The van der Waals surface area contributed by atoms with Crippen molar-refractivity contribution in [1.29, 1.82) is 0 Å². The maximum atomic E-state index is 11.9. The molecule has 1 amide bonds. The molecule has 0 saturated heterocycles. The molecular formula is C11H8BrN5O3. The number of carbonyl (C=O) groups is 1. The Balaban J connectivity index is 2.27. The minimum Gasteiger partial charge on any atom is -0.382 e. The van der Waals surface area contributed by atoms with E-state index >= 15 is 0 Å². The third kappa shape index (κ3) is 3.06. The van der Waals surface area contributed by atoms with Gasteiger partial charge in [-0.1, -0.05) is 0 Å². The van der Waals surface area contributed by atoms with Crippen LogP contribution in [0.25, 0.3) is 0 Å². The summed E-state index contributed by atoms with van der Waals surface area (Å²) in [6, 6.07) is 4.03. The van der Waals surface area contributed by atoms with Crippen molar-refractivity contribution >= 4 is 39.0 Å². The molecule has 3 N–H and O–H groups in total. The minimum atomic E-state index is -0.564. The van der Waals surface area contributed by atoms with E-state index in [4.69, 9.17) is 5.73 Å². The van der Waals surface area contributed by atoms with Crippen LogP contribution in [0.1, 0.15) is 10.5 Å². The van der Waals surface area contributed by atoms with Gasteiger partial charge < -0.3 is 11.1 Å². The number of nitrogen functional groups attached to an aromatic ring is 1. The molecule has 1 aromatic heterocycles. The molecule has 0 aliphatic carbocycles. The molecule has 0 radical (unpaired) electrons. The second-order valence-corrected chi connectivity index (χ2v) is 4.56. The van der Waals surface area contributed by atoms with Crippen LogP contribution in [-0.4, -0.2) is 20.8 Å². The van der Waals surface area contributed by atoms with E-state index in [2.05, 4.69) is 31.2 Å². The monoisotopic (exact) mass is 337 g/mol. The lowest BCUT2D eigenvalue weighted by molar-refractivity contribution is -0.384. The molecule has 2 rings (SSSR count). The maximum Gasteiger partial charge on any atom is 0.275 e. The zero-order valence-electron chi connectivity index (χ0n) is 9.91. The van der Waals surface area contributed by atoms with Gasteiger partial charge in [-0.05, 0) is 22.0 Å². The van der Waals surface area contributed by atoms with Gasteiger partial charge in [0, 0.05) is 16.6 Å². The third-order valence-electron chi connectivity index (χ3n) is 2.29. The summed E-state index contributed by atoms with van der Waals surface area (Å²) in [6.45, 7) is 0. The van der Waals surface area contributed by atoms with Gasteiger partial charge in [0.2, 0.25) is 0 Å². The highest BCUT2D eigenvalue weighted by Gasteiger charge is 2.14. The zero-order valence-corrected chi connectivity index (χ0v) is 11.5. The number of nitrogens with two attached hydrogens (primary N) is 1. The maximum absolute atomic E-state index is 11.9. The van der Waals surface area contributed by atoms with E-state index in [1.807, 2.05) is 0 Å². The van der Waals surface area contributed by atoms with Gasteiger partial charge in [0.1, 0.15) is 11.5 Å². The van der Waals surface area contributed by atoms with E-state index in [1.54, 1.807) is 0 Å². The topological polar surface area (TPSA) is 124 Å². The SMILES string of the molecule is Nc1cncc(C(=O)Nc2cc([N+](=O)[O-])ccc2Br)n1. The molecule has 0 aliphatic heterocycles. The molecule has 20 heavy (non-hydrogen) atoms. The van der Waals surface area contributed by atoms with Crippen molar-refractivity contribution in [1.82, 2.24) is 9.97 Å². The Bertz CT molecular complexity index is 692. The predicted octanol–water partition coefficient (Wildman–Crippen LogP) is 1.98. The van der Waals surface area contributed by atoms with Crippen molar-refractivity contribution in [2.45, 2.75) is 0 Å². The number of nitrogens with zero attached hydrogens (tertiary/aromatic N) is 3. The van der Waals surface area contributed by atoms with Gasteiger partial charge in [-0.25, -0.2) is 4.98 Å². The summed E-state index contributed by atoms with van der Waals surface area (Å²) in [5, 5.41) is 13.2. The van der Waals surface area contributed by atoms with Gasteiger partial charge in [0.05, 0.1) is 23.0 Å². The van der Waals surface area contributed by atoms with Crippen LogP contribution in [0.5, 0.6) is 0 Å². The highest BCUT2D eigenvalue weighted by atomic mass is 79.9. The summed E-state index contributed by atoms with van der Waals surface area (Å²) < 4.78 is 0.508. The van der Waals surface area contributed by atoms with Crippen LogP contribution in [0.15, 0.2) is 35.1 Å². The van der Waals surface area contributed by atoms with Crippen LogP contribution < -0.4 is 11.1 Å². The molecule has 0 atom stereocenters. The number of hydrogen-bond acceptors (Lipinski definition) is 6. The van der Waals surface area contributed by atoms with Crippen molar-refractivity contribution < 1.29 is 9.72 Å². The number of benzene rings is 1. The molecule has 0 unspecified atom stereocenters. The van der Waals surface area contributed by atoms with E-state index in [-0.39, 0.29) is 22.9 Å². The van der Waals surface area contributed by atoms with Crippen LogP contribution in [0.3, 0.4) is 0 Å². The molecule has 1 heterocycles. The first kappa shape index (κ1) is 13.9. The van der Waals surface area contributed by atoms with Gasteiger partial charge in [-0.3, -0.25) is 19.9 Å². The smallest absolute Gasteiger partial charge is 0.275 e. The van der Waals surface area contributed by atoms with E-state index < -0.39 is 10.8 Å². The molecule has 0 bridgehead atoms. The highest BCUT2D eigenvalue weighted by molar-refractivity contribution is 9.10. The normalized spacial score (nSPS) is 10.1. The van der Waals surface area contributed by atoms with Gasteiger partial charge in [0.15, 0.2) is 0 Å². The summed E-state index contributed by atoms with van der Waals surface area (Å²) >= 11 is 3.20. The van der Waals surface area contributed by atoms with E-state index in [9.17, 15) is 14.9 Å². The number of aromatic nitrogens is 2. The minimum absolute atomic E-state index is 0.0170. The number of nitrogens with one attached hydrogen (secondary N) is 1. The Morgan fingerprint density at radius 3 is 2.80 bits per heavy atom. The second-order valence-electron chi connectivity index (χ2n) is 3.70. The van der Waals surface area contributed by atoms with E-state index in [0.717, 1.165) is 0 Å². The Kier molecular flexibility index (Phi) is 3.89. The van der Waals surface area contributed by atoms with Crippen molar-refractivity contribution in [2.24, 2.45) is 0 Å². The zero-order chi connectivity index (χ0) is 14.7. The fourth-order valence-electron chi connectivity index (χ4n) is 1.40. The number of halogens is 1. The van der Waals surface area contributed by atoms with Crippen molar-refractivity contribution in [3.63, 3.8) is 0 Å². The molecule has 1 aromatic carbocycles. The fraction of sp³-hybridized carbons (Fsp3) is 0. The molecule has 0 spiro atoms. The lowest BCUT2D eigenvalue weighted by Crippen LogP contribution is -2.15. The molecule has 8 nitrogen and oxygen atoms in total. The second kappa shape index (κ2) is 5.61. The van der Waals surface area contributed by atoms with Crippen LogP contribution in [0.2, 0.25) is 0 Å². The Morgan fingerprint density at radius 1 is 1.40 bits per heavy atom. The van der Waals surface area contributed by atoms with Crippen LogP contribution in [-0.2, 0) is 0 Å². The van der Waals surface area contributed by atoms with Crippen molar-refractivity contribution in [2.75, 3.05) is 11.1 Å². The molecule has 0 saturated carbocycles. The summed E-state index contributed by atoms with van der Waals surface area (Å²) in [6.07, 6.45) is 2.55. The Labute approximate surface area is 121 Å². The third-order valence-corrected chi connectivity index (χ3v) is 2.99. The highest BCUT2D eigenvalue weighted by Crippen LogP contribution is 2.27. The average Bonchev–Trinajstić information content (AvgIpc) is 2.41. The lowest BCUT2D eigenvalue weighted by atomic mass is 10.2. The molecule has 0 aliphatic rings. The Hall–Kier alpha value is -2.55. The van der Waals surface area contributed by atoms with Gasteiger partial charge >= 0.3 is 0 Å². The first-order valence-corrected chi connectivity index (χ1v) is 6.09. The molecule has 102 valence electrons. The van der Waals surface area contributed by atoms with Crippen LogP contribution in [0, 0.1) is 10.1 Å². The number of non-ortho nitro benzene ring substituents is 1. The molecule has 0 fully saturated rings. The summed E-state index contributed by atoms with van der Waals surface area (Å²) in [5.41, 5.74) is 5.57.